The van der Waals surface area contributed by atoms with Gasteiger partial charge in [-0.1, -0.05) is 12.1 Å². The molecule has 7 nitrogen and oxygen atoms in total. The van der Waals surface area contributed by atoms with E-state index in [2.05, 4.69) is 40.2 Å². The zero-order chi connectivity index (χ0) is 20.2. The molecule has 1 aromatic carbocycles. The van der Waals surface area contributed by atoms with Gasteiger partial charge in [-0.15, -0.1) is 11.3 Å². The van der Waals surface area contributed by atoms with Gasteiger partial charge in [0.1, 0.15) is 10.5 Å². The van der Waals surface area contributed by atoms with Gasteiger partial charge in [0.2, 0.25) is 0 Å². The van der Waals surface area contributed by atoms with Crippen LogP contribution in [0.2, 0.25) is 0 Å². The molecule has 0 bridgehead atoms. The molecular weight excluding hydrogens is 386 g/mol. The van der Waals surface area contributed by atoms with Gasteiger partial charge in [-0.05, 0) is 44.7 Å². The molecule has 1 aliphatic carbocycles. The van der Waals surface area contributed by atoms with E-state index in [-0.39, 0.29) is 18.0 Å². The van der Waals surface area contributed by atoms with Crippen LogP contribution in [-0.2, 0) is 4.79 Å². The monoisotopic (exact) mass is 413 g/mol. The largest absolute Gasteiger partial charge is 0.326 e. The third-order valence-corrected chi connectivity index (χ3v) is 7.87. The number of aromatic nitrogens is 1. The van der Waals surface area contributed by atoms with Crippen LogP contribution in [0.3, 0.4) is 0 Å². The van der Waals surface area contributed by atoms with E-state index in [1.54, 1.807) is 11.3 Å². The van der Waals surface area contributed by atoms with Crippen molar-refractivity contribution in [2.45, 2.75) is 38.3 Å². The highest BCUT2D eigenvalue weighted by atomic mass is 32.1. The highest BCUT2D eigenvalue weighted by Gasteiger charge is 2.56. The Bertz CT molecular complexity index is 916. The predicted octanol–water partition coefficient (Wildman–Crippen LogP) is 2.65. The molecule has 1 aromatic heterocycles. The fourth-order valence-electron chi connectivity index (χ4n) is 4.50. The standard InChI is InChI=1S/C21H27N5O2S/c1-14(18-22-16-5-3-4-6-17(16)29-18)25-11-9-24(10-12-25)13-26-19(27)21(2,15-7-8-15)23-20(26)28/h3-6,14-15H,7-13H2,1-2H3,(H,23,28)/t14-,21-/m1/s1. The van der Waals surface area contributed by atoms with E-state index in [0.29, 0.717) is 12.6 Å². The van der Waals surface area contributed by atoms with E-state index in [0.717, 1.165) is 49.5 Å². The van der Waals surface area contributed by atoms with Crippen LogP contribution < -0.4 is 5.32 Å². The molecule has 29 heavy (non-hydrogen) atoms. The van der Waals surface area contributed by atoms with Crippen LogP contribution in [0.1, 0.15) is 37.7 Å². The van der Waals surface area contributed by atoms with Crippen molar-refractivity contribution >= 4 is 33.5 Å². The lowest BCUT2D eigenvalue weighted by Gasteiger charge is -2.38. The summed E-state index contributed by atoms with van der Waals surface area (Å²) in [5, 5.41) is 4.08. The number of hydrogen-bond donors (Lipinski definition) is 1. The van der Waals surface area contributed by atoms with Gasteiger partial charge in [0.05, 0.1) is 22.9 Å². The van der Waals surface area contributed by atoms with Crippen molar-refractivity contribution in [3.63, 3.8) is 0 Å². The van der Waals surface area contributed by atoms with Gasteiger partial charge in [-0.2, -0.15) is 0 Å². The molecule has 3 amide bonds. The van der Waals surface area contributed by atoms with Gasteiger partial charge in [0, 0.05) is 26.2 Å². The summed E-state index contributed by atoms with van der Waals surface area (Å²) in [6.07, 6.45) is 2.05. The molecule has 0 unspecified atom stereocenters. The second-order valence-corrected chi connectivity index (χ2v) is 9.69. The van der Waals surface area contributed by atoms with E-state index in [1.807, 2.05) is 13.0 Å². The Morgan fingerprint density at radius 3 is 2.62 bits per heavy atom. The van der Waals surface area contributed by atoms with Gasteiger partial charge >= 0.3 is 6.03 Å². The number of hydrogen-bond acceptors (Lipinski definition) is 6. The lowest BCUT2D eigenvalue weighted by molar-refractivity contribution is -0.133. The Kier molecular flexibility index (Phi) is 4.60. The van der Waals surface area contributed by atoms with Crippen LogP contribution in [-0.4, -0.2) is 70.0 Å². The van der Waals surface area contributed by atoms with E-state index in [4.69, 9.17) is 4.98 Å². The Morgan fingerprint density at radius 2 is 1.93 bits per heavy atom. The highest BCUT2D eigenvalue weighted by Crippen LogP contribution is 2.42. The number of carbonyl (C=O) groups is 2. The summed E-state index contributed by atoms with van der Waals surface area (Å²) in [5.41, 5.74) is 0.371. The second-order valence-electron chi connectivity index (χ2n) is 8.63. The Hall–Kier alpha value is -2.03. The molecule has 3 heterocycles. The smallest absolute Gasteiger partial charge is 0.323 e. The Morgan fingerprint density at radius 1 is 1.21 bits per heavy atom. The first-order valence-electron chi connectivity index (χ1n) is 10.4. The quantitative estimate of drug-likeness (QED) is 0.764. The third-order valence-electron chi connectivity index (χ3n) is 6.66. The normalized spacial score (nSPS) is 27.6. The first kappa shape index (κ1) is 19.0. The first-order valence-corrected chi connectivity index (χ1v) is 11.2. The Labute approximate surface area is 174 Å². The number of urea groups is 1. The van der Waals surface area contributed by atoms with Crippen molar-refractivity contribution in [1.29, 1.82) is 0 Å². The van der Waals surface area contributed by atoms with Crippen LogP contribution >= 0.6 is 11.3 Å². The lowest BCUT2D eigenvalue weighted by atomic mass is 9.96. The fraction of sp³-hybridized carbons (Fsp3) is 0.571. The number of rotatable bonds is 5. The number of carbonyl (C=O) groups excluding carboxylic acids is 2. The number of para-hydroxylation sites is 1. The average molecular weight is 414 g/mol. The minimum Gasteiger partial charge on any atom is -0.323 e. The molecule has 8 heteroatoms. The van der Waals surface area contributed by atoms with E-state index < -0.39 is 5.54 Å². The van der Waals surface area contributed by atoms with E-state index in [1.165, 1.54) is 9.60 Å². The van der Waals surface area contributed by atoms with Gasteiger partial charge in [-0.3, -0.25) is 14.6 Å². The van der Waals surface area contributed by atoms with Crippen molar-refractivity contribution in [3.8, 4) is 0 Å². The third kappa shape index (κ3) is 3.33. The number of nitrogens with one attached hydrogen (secondary N) is 1. The SMILES string of the molecule is C[C@H](c1nc2ccccc2s1)N1CCN(CN2C(=O)N[C@](C)(C3CC3)C2=O)CC1. The Balaban J connectivity index is 1.19. The summed E-state index contributed by atoms with van der Waals surface area (Å²) in [5.74, 6) is 0.241. The van der Waals surface area contributed by atoms with E-state index in [9.17, 15) is 9.59 Å². The van der Waals surface area contributed by atoms with Crippen molar-refractivity contribution in [2.24, 2.45) is 5.92 Å². The molecular formula is C21H27N5O2S. The molecule has 0 spiro atoms. The number of benzene rings is 1. The summed E-state index contributed by atoms with van der Waals surface area (Å²) in [7, 11) is 0. The van der Waals surface area contributed by atoms with Crippen molar-refractivity contribution in [1.82, 2.24) is 25.0 Å². The number of nitrogens with zero attached hydrogens (tertiary/aromatic N) is 4. The molecule has 3 aliphatic rings. The second kappa shape index (κ2) is 7.04. The van der Waals surface area contributed by atoms with Crippen LogP contribution in [0.4, 0.5) is 4.79 Å². The zero-order valence-corrected chi connectivity index (χ0v) is 17.7. The maximum Gasteiger partial charge on any atom is 0.326 e. The first-order chi connectivity index (χ1) is 14.0. The van der Waals surface area contributed by atoms with Gasteiger partial charge in [-0.25, -0.2) is 14.7 Å². The molecule has 0 radical (unpaired) electrons. The summed E-state index contributed by atoms with van der Waals surface area (Å²) in [4.78, 5) is 36.1. The van der Waals surface area contributed by atoms with Crippen molar-refractivity contribution < 1.29 is 9.59 Å². The molecule has 3 fully saturated rings. The van der Waals surface area contributed by atoms with Crippen LogP contribution in [0.25, 0.3) is 10.2 Å². The average Bonchev–Trinajstić information content (AvgIpc) is 3.46. The van der Waals surface area contributed by atoms with Gasteiger partial charge in [0.25, 0.3) is 5.91 Å². The molecule has 2 aliphatic heterocycles. The number of thiazole rings is 1. The van der Waals surface area contributed by atoms with E-state index >= 15 is 0 Å². The van der Waals surface area contributed by atoms with Gasteiger partial charge < -0.3 is 5.32 Å². The van der Waals surface area contributed by atoms with Gasteiger partial charge in [0.15, 0.2) is 0 Å². The fourth-order valence-corrected chi connectivity index (χ4v) is 5.55. The number of imide groups is 1. The summed E-state index contributed by atoms with van der Waals surface area (Å²) in [6, 6.07) is 8.29. The molecule has 2 aromatic rings. The number of piperazine rings is 1. The van der Waals surface area contributed by atoms with Crippen molar-refractivity contribution in [2.75, 3.05) is 32.8 Å². The zero-order valence-electron chi connectivity index (χ0n) is 16.9. The predicted molar refractivity (Wildman–Crippen MR) is 113 cm³/mol. The minimum absolute atomic E-state index is 0.0599. The van der Waals surface area contributed by atoms with Crippen LogP contribution in [0, 0.1) is 5.92 Å². The minimum atomic E-state index is -0.694. The maximum atomic E-state index is 12.8. The molecule has 1 N–H and O–H groups in total. The summed E-state index contributed by atoms with van der Waals surface area (Å²) >= 11 is 1.76. The molecule has 2 saturated heterocycles. The maximum absolute atomic E-state index is 12.8. The van der Waals surface area contributed by atoms with Crippen molar-refractivity contribution in [3.05, 3.63) is 29.3 Å². The van der Waals surface area contributed by atoms with Crippen LogP contribution in [0.5, 0.6) is 0 Å². The molecule has 154 valence electrons. The summed E-state index contributed by atoms with van der Waals surface area (Å²) in [6.45, 7) is 7.96. The highest BCUT2D eigenvalue weighted by molar-refractivity contribution is 7.18. The molecule has 1 saturated carbocycles. The number of fused-ring (bicyclic) bond motifs is 1. The van der Waals surface area contributed by atoms with Crippen LogP contribution in [0.15, 0.2) is 24.3 Å². The lowest BCUT2D eigenvalue weighted by Crippen LogP contribution is -2.52. The summed E-state index contributed by atoms with van der Waals surface area (Å²) < 4.78 is 1.23. The molecule has 5 rings (SSSR count). The molecule has 2 atom stereocenters. The number of amides is 3. The topological polar surface area (TPSA) is 68.8 Å².